The number of rotatable bonds is 8. The van der Waals surface area contributed by atoms with Gasteiger partial charge in [0.25, 0.3) is 0 Å². The van der Waals surface area contributed by atoms with E-state index >= 15 is 0 Å². The van der Waals surface area contributed by atoms with Crippen LogP contribution in [0.3, 0.4) is 0 Å². The minimum Gasteiger partial charge on any atom is -0.508 e. The first-order valence-corrected chi connectivity index (χ1v) is 11.3. The topological polar surface area (TPSA) is 58.3 Å². The summed E-state index contributed by atoms with van der Waals surface area (Å²) >= 11 is 0. The SMILES string of the molecule is CCC(NCC1(c2onc(-c3ccc(O)cc3)c2-c2ccccc2)CC1)c1ccccc1. The number of benzene rings is 3. The quantitative estimate of drug-likeness (QED) is 0.340. The van der Waals surface area contributed by atoms with Crippen LogP contribution < -0.4 is 5.32 Å². The van der Waals surface area contributed by atoms with Gasteiger partial charge in [-0.2, -0.15) is 0 Å². The van der Waals surface area contributed by atoms with E-state index in [0.717, 1.165) is 54.0 Å². The van der Waals surface area contributed by atoms with Crippen molar-refractivity contribution in [2.45, 2.75) is 37.6 Å². The van der Waals surface area contributed by atoms with E-state index in [1.807, 2.05) is 30.3 Å². The summed E-state index contributed by atoms with van der Waals surface area (Å²) in [6.07, 6.45) is 3.19. The maximum absolute atomic E-state index is 9.72. The van der Waals surface area contributed by atoms with Gasteiger partial charge in [0.1, 0.15) is 11.4 Å². The molecule has 1 aliphatic rings. The summed E-state index contributed by atoms with van der Waals surface area (Å²) in [6.45, 7) is 3.07. The van der Waals surface area contributed by atoms with E-state index in [0.29, 0.717) is 6.04 Å². The van der Waals surface area contributed by atoms with Gasteiger partial charge in [0, 0.05) is 23.6 Å². The smallest absolute Gasteiger partial charge is 0.152 e. The Morgan fingerprint density at radius 1 is 0.906 bits per heavy atom. The maximum atomic E-state index is 9.72. The average molecular weight is 425 g/mol. The molecule has 4 nitrogen and oxygen atoms in total. The van der Waals surface area contributed by atoms with Crippen LogP contribution in [0, 0.1) is 0 Å². The third-order valence-electron chi connectivity index (χ3n) is 6.53. The van der Waals surface area contributed by atoms with E-state index in [1.54, 1.807) is 12.1 Å². The van der Waals surface area contributed by atoms with E-state index in [1.165, 1.54) is 5.56 Å². The molecule has 0 aliphatic heterocycles. The average Bonchev–Trinajstić information content (AvgIpc) is 3.50. The fourth-order valence-electron chi connectivity index (χ4n) is 4.48. The van der Waals surface area contributed by atoms with Gasteiger partial charge < -0.3 is 14.9 Å². The van der Waals surface area contributed by atoms with Crippen molar-refractivity contribution in [2.75, 3.05) is 6.54 Å². The second kappa shape index (κ2) is 8.64. The standard InChI is InChI=1S/C28H28N2O2/c1-2-24(20-9-5-3-6-10-20)29-19-28(17-18-28)27-25(21-11-7-4-8-12-21)26(30-32-27)22-13-15-23(31)16-14-22/h3-16,24,29,31H,2,17-19H2,1H3. The van der Waals surface area contributed by atoms with Crippen molar-refractivity contribution in [1.29, 1.82) is 0 Å². The van der Waals surface area contributed by atoms with Gasteiger partial charge >= 0.3 is 0 Å². The molecule has 1 saturated carbocycles. The van der Waals surface area contributed by atoms with Crippen LogP contribution in [0.5, 0.6) is 5.75 Å². The molecule has 1 atom stereocenters. The second-order valence-electron chi connectivity index (χ2n) is 8.68. The lowest BCUT2D eigenvalue weighted by Gasteiger charge is -2.22. The second-order valence-corrected chi connectivity index (χ2v) is 8.68. The molecule has 3 aromatic carbocycles. The van der Waals surface area contributed by atoms with Crippen LogP contribution in [0.1, 0.15) is 43.6 Å². The summed E-state index contributed by atoms with van der Waals surface area (Å²) in [6, 6.07) is 28.5. The number of hydrogen-bond acceptors (Lipinski definition) is 4. The van der Waals surface area contributed by atoms with Crippen molar-refractivity contribution in [3.63, 3.8) is 0 Å². The molecule has 1 heterocycles. The van der Waals surface area contributed by atoms with Crippen LogP contribution in [-0.4, -0.2) is 16.8 Å². The van der Waals surface area contributed by atoms with Gasteiger partial charge in [0.15, 0.2) is 5.76 Å². The van der Waals surface area contributed by atoms with Crippen molar-refractivity contribution in [3.05, 3.63) is 96.3 Å². The maximum Gasteiger partial charge on any atom is 0.152 e. The zero-order valence-corrected chi connectivity index (χ0v) is 18.3. The first-order valence-electron chi connectivity index (χ1n) is 11.3. The molecule has 0 amide bonds. The Bertz CT molecular complexity index is 1160. The molecule has 1 fully saturated rings. The minimum atomic E-state index is -0.0461. The van der Waals surface area contributed by atoms with E-state index in [4.69, 9.17) is 4.52 Å². The number of phenolic OH excluding ortho intramolecular Hbond substituents is 1. The summed E-state index contributed by atoms with van der Waals surface area (Å²) in [4.78, 5) is 0. The highest BCUT2D eigenvalue weighted by Crippen LogP contribution is 2.53. The molecule has 1 aliphatic carbocycles. The monoisotopic (exact) mass is 424 g/mol. The first-order chi connectivity index (χ1) is 15.7. The molecule has 162 valence electrons. The summed E-state index contributed by atoms with van der Waals surface area (Å²) < 4.78 is 6.08. The molecule has 1 aromatic heterocycles. The Balaban J connectivity index is 1.50. The Hall–Kier alpha value is -3.37. The number of nitrogens with zero attached hydrogens (tertiary/aromatic N) is 1. The molecule has 32 heavy (non-hydrogen) atoms. The van der Waals surface area contributed by atoms with Gasteiger partial charge in [-0.05, 0) is 54.7 Å². The molecule has 2 N–H and O–H groups in total. The molecule has 0 radical (unpaired) electrons. The van der Waals surface area contributed by atoms with E-state index in [2.05, 4.69) is 59.9 Å². The zero-order chi connectivity index (χ0) is 22.0. The van der Waals surface area contributed by atoms with Crippen molar-refractivity contribution in [1.82, 2.24) is 10.5 Å². The van der Waals surface area contributed by atoms with Gasteiger partial charge in [-0.3, -0.25) is 0 Å². The van der Waals surface area contributed by atoms with E-state index in [-0.39, 0.29) is 11.2 Å². The molecule has 0 bridgehead atoms. The fraction of sp³-hybridized carbons (Fsp3) is 0.250. The highest BCUT2D eigenvalue weighted by Gasteiger charge is 2.50. The number of phenols is 1. The predicted octanol–water partition coefficient (Wildman–Crippen LogP) is 6.49. The Labute approximate surface area is 188 Å². The summed E-state index contributed by atoms with van der Waals surface area (Å²) in [5.41, 5.74) is 5.20. The fourth-order valence-corrected chi connectivity index (χ4v) is 4.48. The molecule has 0 spiro atoms. The largest absolute Gasteiger partial charge is 0.508 e. The molecule has 0 saturated heterocycles. The van der Waals surface area contributed by atoms with Crippen LogP contribution in [-0.2, 0) is 5.41 Å². The van der Waals surface area contributed by atoms with Crippen LogP contribution in [0.25, 0.3) is 22.4 Å². The van der Waals surface area contributed by atoms with Gasteiger partial charge in [0.2, 0.25) is 0 Å². The van der Waals surface area contributed by atoms with Crippen LogP contribution in [0.4, 0.5) is 0 Å². The molecule has 4 heteroatoms. The highest BCUT2D eigenvalue weighted by molar-refractivity contribution is 5.83. The highest BCUT2D eigenvalue weighted by atomic mass is 16.5. The van der Waals surface area contributed by atoms with Crippen LogP contribution in [0.2, 0.25) is 0 Å². The molecule has 1 unspecified atom stereocenters. The van der Waals surface area contributed by atoms with Gasteiger partial charge in [-0.15, -0.1) is 0 Å². The zero-order valence-electron chi connectivity index (χ0n) is 18.3. The third kappa shape index (κ3) is 3.94. The van der Waals surface area contributed by atoms with Gasteiger partial charge in [0.05, 0.1) is 5.56 Å². The molecule has 5 rings (SSSR count). The Morgan fingerprint density at radius 2 is 1.56 bits per heavy atom. The minimum absolute atomic E-state index is 0.0461. The molecular formula is C28H28N2O2. The molecule has 4 aromatic rings. The van der Waals surface area contributed by atoms with Crippen molar-refractivity contribution in [2.24, 2.45) is 0 Å². The normalized spacial score (nSPS) is 15.4. The lowest BCUT2D eigenvalue weighted by atomic mass is 9.91. The molecular weight excluding hydrogens is 396 g/mol. The van der Waals surface area contributed by atoms with Gasteiger partial charge in [-0.25, -0.2) is 0 Å². The van der Waals surface area contributed by atoms with E-state index in [9.17, 15) is 5.11 Å². The first kappa shape index (κ1) is 20.5. The predicted molar refractivity (Wildman–Crippen MR) is 127 cm³/mol. The summed E-state index contributed by atoms with van der Waals surface area (Å²) in [5.74, 6) is 1.20. The Morgan fingerprint density at radius 3 is 2.19 bits per heavy atom. The van der Waals surface area contributed by atoms with Crippen LogP contribution in [0.15, 0.2) is 89.5 Å². The van der Waals surface area contributed by atoms with Gasteiger partial charge in [-0.1, -0.05) is 72.7 Å². The lowest BCUT2D eigenvalue weighted by molar-refractivity contribution is 0.340. The lowest BCUT2D eigenvalue weighted by Crippen LogP contribution is -2.30. The number of aromatic hydroxyl groups is 1. The number of nitrogens with one attached hydrogen (secondary N) is 1. The van der Waals surface area contributed by atoms with Crippen molar-refractivity contribution < 1.29 is 9.63 Å². The summed E-state index contributed by atoms with van der Waals surface area (Å²) in [5, 5.41) is 18.0. The number of aromatic nitrogens is 1. The third-order valence-corrected chi connectivity index (χ3v) is 6.53. The summed E-state index contributed by atoms with van der Waals surface area (Å²) in [7, 11) is 0. The number of hydrogen-bond donors (Lipinski definition) is 2. The van der Waals surface area contributed by atoms with Crippen LogP contribution >= 0.6 is 0 Å². The van der Waals surface area contributed by atoms with Crippen molar-refractivity contribution in [3.8, 4) is 28.1 Å². The van der Waals surface area contributed by atoms with E-state index < -0.39 is 0 Å². The van der Waals surface area contributed by atoms with Crippen molar-refractivity contribution >= 4 is 0 Å². The Kier molecular flexibility index (Phi) is 5.54.